The van der Waals surface area contributed by atoms with Gasteiger partial charge in [-0.15, -0.1) is 5.10 Å². The average Bonchev–Trinajstić information content (AvgIpc) is 2.94. The standard InChI is InChI=1S/C9H14N4O2/c1-5-8(9(10)15)11-12-13(5)4-7(14)6-2-3-6/h6-7,14H,2-4H2,1H3,(H2,10,15). The number of primary amides is 1. The summed E-state index contributed by atoms with van der Waals surface area (Å²) in [6.45, 7) is 2.11. The molecular formula is C9H14N4O2. The minimum Gasteiger partial charge on any atom is -0.391 e. The van der Waals surface area contributed by atoms with E-state index in [1.54, 1.807) is 6.92 Å². The van der Waals surface area contributed by atoms with Gasteiger partial charge in [-0.3, -0.25) is 4.79 Å². The largest absolute Gasteiger partial charge is 0.391 e. The van der Waals surface area contributed by atoms with Gasteiger partial charge in [-0.05, 0) is 25.7 Å². The third kappa shape index (κ3) is 1.99. The van der Waals surface area contributed by atoms with Crippen LogP contribution in [0.15, 0.2) is 0 Å². The molecule has 1 aliphatic rings. The maximum atomic E-state index is 10.9. The van der Waals surface area contributed by atoms with Gasteiger partial charge in [0.25, 0.3) is 5.91 Å². The van der Waals surface area contributed by atoms with Crippen LogP contribution in [0.4, 0.5) is 0 Å². The summed E-state index contributed by atoms with van der Waals surface area (Å²) in [5.41, 5.74) is 5.91. The zero-order chi connectivity index (χ0) is 11.0. The van der Waals surface area contributed by atoms with E-state index in [2.05, 4.69) is 10.3 Å². The molecule has 1 fully saturated rings. The van der Waals surface area contributed by atoms with Crippen LogP contribution in [-0.4, -0.2) is 32.1 Å². The van der Waals surface area contributed by atoms with Gasteiger partial charge in [0.15, 0.2) is 5.69 Å². The van der Waals surface area contributed by atoms with Gasteiger partial charge in [-0.25, -0.2) is 4.68 Å². The van der Waals surface area contributed by atoms with Gasteiger partial charge >= 0.3 is 0 Å². The smallest absolute Gasteiger partial charge is 0.271 e. The van der Waals surface area contributed by atoms with Crippen LogP contribution < -0.4 is 5.73 Å². The van der Waals surface area contributed by atoms with Crippen molar-refractivity contribution in [2.45, 2.75) is 32.4 Å². The molecule has 0 radical (unpaired) electrons. The van der Waals surface area contributed by atoms with E-state index in [1.807, 2.05) is 0 Å². The molecule has 0 spiro atoms. The zero-order valence-electron chi connectivity index (χ0n) is 8.55. The third-order valence-corrected chi connectivity index (χ3v) is 2.74. The fraction of sp³-hybridized carbons (Fsp3) is 0.667. The van der Waals surface area contributed by atoms with E-state index >= 15 is 0 Å². The number of aliphatic hydroxyl groups is 1. The summed E-state index contributed by atoms with van der Waals surface area (Å²) in [6.07, 6.45) is 1.74. The number of rotatable bonds is 4. The second-order valence-corrected chi connectivity index (χ2v) is 3.97. The number of amides is 1. The molecule has 0 bridgehead atoms. The van der Waals surface area contributed by atoms with Gasteiger partial charge in [0.2, 0.25) is 0 Å². The van der Waals surface area contributed by atoms with Gasteiger partial charge in [0.1, 0.15) is 0 Å². The lowest BCUT2D eigenvalue weighted by molar-refractivity contribution is 0.0994. The summed E-state index contributed by atoms with van der Waals surface area (Å²) < 4.78 is 1.53. The summed E-state index contributed by atoms with van der Waals surface area (Å²) in [5.74, 6) is -0.203. The molecule has 0 aliphatic heterocycles. The number of hydrogen-bond donors (Lipinski definition) is 2. The zero-order valence-corrected chi connectivity index (χ0v) is 8.55. The molecule has 6 heteroatoms. The van der Waals surface area contributed by atoms with Crippen LogP contribution in [0.5, 0.6) is 0 Å². The second-order valence-electron chi connectivity index (χ2n) is 3.97. The lowest BCUT2D eigenvalue weighted by Crippen LogP contribution is -2.20. The minimum atomic E-state index is -0.584. The number of aromatic nitrogens is 3. The Labute approximate surface area is 87.1 Å². The summed E-state index contributed by atoms with van der Waals surface area (Å²) in [7, 11) is 0. The predicted octanol–water partition coefficient (Wildman–Crippen LogP) is -0.544. The maximum Gasteiger partial charge on any atom is 0.271 e. The highest BCUT2D eigenvalue weighted by molar-refractivity contribution is 5.91. The number of carbonyl (C=O) groups excluding carboxylic acids is 1. The first-order valence-corrected chi connectivity index (χ1v) is 4.97. The molecule has 1 aromatic rings. The van der Waals surface area contributed by atoms with Crippen LogP contribution >= 0.6 is 0 Å². The molecule has 3 N–H and O–H groups in total. The van der Waals surface area contributed by atoms with E-state index in [-0.39, 0.29) is 5.69 Å². The Balaban J connectivity index is 2.11. The fourth-order valence-electron chi connectivity index (χ4n) is 1.57. The number of aliphatic hydroxyl groups excluding tert-OH is 1. The number of carbonyl (C=O) groups is 1. The van der Waals surface area contributed by atoms with Gasteiger partial charge in [0.05, 0.1) is 18.3 Å². The second kappa shape index (κ2) is 3.62. The molecule has 1 atom stereocenters. The SMILES string of the molecule is Cc1c(C(N)=O)nnn1CC(O)C1CC1. The maximum absolute atomic E-state index is 10.9. The molecule has 2 rings (SSSR count). The molecule has 1 aliphatic carbocycles. The normalized spacial score (nSPS) is 17.7. The Bertz CT molecular complexity index is 383. The molecule has 1 aromatic heterocycles. The average molecular weight is 210 g/mol. The molecular weight excluding hydrogens is 196 g/mol. The van der Waals surface area contributed by atoms with Crippen molar-refractivity contribution in [2.75, 3.05) is 0 Å². The van der Waals surface area contributed by atoms with E-state index < -0.39 is 12.0 Å². The minimum absolute atomic E-state index is 0.179. The third-order valence-electron chi connectivity index (χ3n) is 2.74. The number of nitrogens with zero attached hydrogens (tertiary/aromatic N) is 3. The van der Waals surface area contributed by atoms with Crippen LogP contribution in [0.2, 0.25) is 0 Å². The highest BCUT2D eigenvalue weighted by Crippen LogP contribution is 2.33. The molecule has 1 saturated carbocycles. The van der Waals surface area contributed by atoms with Crippen molar-refractivity contribution in [2.24, 2.45) is 11.7 Å². The Kier molecular flexibility index (Phi) is 2.44. The molecule has 0 aromatic carbocycles. The van der Waals surface area contributed by atoms with Crippen molar-refractivity contribution < 1.29 is 9.90 Å². The Morgan fingerprint density at radius 1 is 1.73 bits per heavy atom. The highest BCUT2D eigenvalue weighted by Gasteiger charge is 2.30. The lowest BCUT2D eigenvalue weighted by atomic mass is 10.2. The molecule has 6 nitrogen and oxygen atoms in total. The molecule has 15 heavy (non-hydrogen) atoms. The van der Waals surface area contributed by atoms with Crippen molar-refractivity contribution in [1.29, 1.82) is 0 Å². The van der Waals surface area contributed by atoms with Crippen molar-refractivity contribution in [3.8, 4) is 0 Å². The lowest BCUT2D eigenvalue weighted by Gasteiger charge is -2.09. The fourth-order valence-corrected chi connectivity index (χ4v) is 1.57. The molecule has 1 heterocycles. The van der Waals surface area contributed by atoms with Crippen LogP contribution in [0.25, 0.3) is 0 Å². The van der Waals surface area contributed by atoms with E-state index in [4.69, 9.17) is 5.73 Å². The Morgan fingerprint density at radius 2 is 2.40 bits per heavy atom. The van der Waals surface area contributed by atoms with E-state index in [1.165, 1.54) is 4.68 Å². The summed E-state index contributed by atoms with van der Waals surface area (Å²) in [5, 5.41) is 17.2. The van der Waals surface area contributed by atoms with Crippen LogP contribution in [0.1, 0.15) is 29.0 Å². The quantitative estimate of drug-likeness (QED) is 0.697. The number of nitrogens with two attached hydrogens (primary N) is 1. The van der Waals surface area contributed by atoms with E-state index in [0.717, 1.165) is 12.8 Å². The Hall–Kier alpha value is -1.43. The molecule has 82 valence electrons. The topological polar surface area (TPSA) is 94.0 Å². The predicted molar refractivity (Wildman–Crippen MR) is 52.0 cm³/mol. The summed E-state index contributed by atoms with van der Waals surface area (Å²) >= 11 is 0. The van der Waals surface area contributed by atoms with E-state index in [0.29, 0.717) is 18.2 Å². The van der Waals surface area contributed by atoms with Crippen LogP contribution in [0.3, 0.4) is 0 Å². The molecule has 0 saturated heterocycles. The summed E-state index contributed by atoms with van der Waals surface area (Å²) in [4.78, 5) is 10.9. The van der Waals surface area contributed by atoms with Crippen LogP contribution in [0, 0.1) is 12.8 Å². The first-order chi connectivity index (χ1) is 7.09. The first kappa shape index (κ1) is 10.1. The Morgan fingerprint density at radius 3 is 2.87 bits per heavy atom. The van der Waals surface area contributed by atoms with Crippen molar-refractivity contribution in [3.05, 3.63) is 11.4 Å². The first-order valence-electron chi connectivity index (χ1n) is 4.97. The van der Waals surface area contributed by atoms with Gasteiger partial charge < -0.3 is 10.8 Å². The summed E-state index contributed by atoms with van der Waals surface area (Å²) in [6, 6.07) is 0. The van der Waals surface area contributed by atoms with Crippen molar-refractivity contribution in [1.82, 2.24) is 15.0 Å². The highest BCUT2D eigenvalue weighted by atomic mass is 16.3. The monoisotopic (exact) mass is 210 g/mol. The van der Waals surface area contributed by atoms with E-state index in [9.17, 15) is 9.90 Å². The van der Waals surface area contributed by atoms with Crippen molar-refractivity contribution >= 4 is 5.91 Å². The van der Waals surface area contributed by atoms with Crippen LogP contribution in [-0.2, 0) is 6.54 Å². The van der Waals surface area contributed by atoms with Gasteiger partial charge in [-0.2, -0.15) is 0 Å². The van der Waals surface area contributed by atoms with Gasteiger partial charge in [-0.1, -0.05) is 5.21 Å². The molecule has 1 unspecified atom stereocenters. The van der Waals surface area contributed by atoms with Crippen molar-refractivity contribution in [3.63, 3.8) is 0 Å². The number of hydrogen-bond acceptors (Lipinski definition) is 4. The van der Waals surface area contributed by atoms with Gasteiger partial charge in [0, 0.05) is 0 Å². The molecule has 1 amide bonds.